The van der Waals surface area contributed by atoms with Gasteiger partial charge in [0.25, 0.3) is 0 Å². The highest BCUT2D eigenvalue weighted by atomic mass is 19.4. The van der Waals surface area contributed by atoms with E-state index < -0.39 is 24.4 Å². The van der Waals surface area contributed by atoms with Crippen LogP contribution in [0.3, 0.4) is 0 Å². The summed E-state index contributed by atoms with van der Waals surface area (Å²) in [5.41, 5.74) is -2.45. The van der Waals surface area contributed by atoms with Crippen LogP contribution in [-0.4, -0.2) is 25.5 Å². The molecular formula is C9H15F3O3. The highest BCUT2D eigenvalue weighted by molar-refractivity contribution is 5.77. The number of carbonyl (C=O) groups excluding carboxylic acids is 1. The van der Waals surface area contributed by atoms with Crippen LogP contribution >= 0.6 is 0 Å². The third-order valence-electron chi connectivity index (χ3n) is 2.26. The molecule has 0 rings (SSSR count). The van der Waals surface area contributed by atoms with Crippen molar-refractivity contribution in [1.29, 1.82) is 0 Å². The number of esters is 1. The molecule has 0 heterocycles. The molecule has 1 unspecified atom stereocenters. The second-order valence-corrected chi connectivity index (χ2v) is 3.23. The number of hydrogen-bond acceptors (Lipinski definition) is 3. The maximum Gasteiger partial charge on any atom is 0.404 e. The Kier molecular flexibility index (Phi) is 5.07. The Morgan fingerprint density at radius 2 is 1.80 bits per heavy atom. The van der Waals surface area contributed by atoms with Crippen LogP contribution in [-0.2, 0) is 14.3 Å². The topological polar surface area (TPSA) is 35.5 Å². The van der Waals surface area contributed by atoms with Gasteiger partial charge in [0.1, 0.15) is 0 Å². The van der Waals surface area contributed by atoms with Crippen molar-refractivity contribution in [1.82, 2.24) is 0 Å². The summed E-state index contributed by atoms with van der Waals surface area (Å²) >= 11 is 0. The number of carbonyl (C=O) groups is 1. The summed E-state index contributed by atoms with van der Waals surface area (Å²) < 4.78 is 46.6. The highest BCUT2D eigenvalue weighted by Crippen LogP contribution is 2.41. The molecule has 0 fully saturated rings. The van der Waals surface area contributed by atoms with Crippen LogP contribution in [0.25, 0.3) is 0 Å². The summed E-state index contributed by atoms with van der Waals surface area (Å²) in [7, 11) is 0. The second-order valence-electron chi connectivity index (χ2n) is 3.23. The fourth-order valence-corrected chi connectivity index (χ4v) is 0.798. The summed E-state index contributed by atoms with van der Waals surface area (Å²) in [6.07, 6.45) is -4.97. The van der Waals surface area contributed by atoms with Crippen molar-refractivity contribution in [2.45, 2.75) is 33.4 Å². The van der Waals surface area contributed by atoms with E-state index in [9.17, 15) is 18.0 Å². The van der Waals surface area contributed by atoms with Gasteiger partial charge in [-0.25, -0.2) is 0 Å². The molecule has 0 aliphatic carbocycles. The van der Waals surface area contributed by atoms with E-state index in [1.54, 1.807) is 6.92 Å². The van der Waals surface area contributed by atoms with Gasteiger partial charge in [0.2, 0.25) is 0 Å². The molecule has 0 radical (unpaired) electrons. The average Bonchev–Trinajstić information content (AvgIpc) is 2.15. The summed E-state index contributed by atoms with van der Waals surface area (Å²) in [4.78, 5) is 11.2. The van der Waals surface area contributed by atoms with Gasteiger partial charge in [-0.3, -0.25) is 4.79 Å². The molecule has 3 nitrogen and oxygen atoms in total. The first kappa shape index (κ1) is 14.2. The minimum absolute atomic E-state index is 0.280. The normalized spacial score (nSPS) is 15.9. The van der Waals surface area contributed by atoms with E-state index in [1.807, 2.05) is 0 Å². The number of halogens is 3. The molecule has 15 heavy (non-hydrogen) atoms. The minimum atomic E-state index is -4.61. The van der Waals surface area contributed by atoms with Gasteiger partial charge in [0.05, 0.1) is 0 Å². The molecule has 0 saturated heterocycles. The fraction of sp³-hybridized carbons (Fsp3) is 0.889. The average molecular weight is 228 g/mol. The second kappa shape index (κ2) is 5.34. The van der Waals surface area contributed by atoms with Crippen molar-refractivity contribution in [2.75, 3.05) is 13.4 Å². The standard InChI is InChI=1S/C9H15F3O3/c1-4-8(3,9(10,11)12)7(13)15-6-14-5-2/h4-6H2,1-3H3. The van der Waals surface area contributed by atoms with Crippen molar-refractivity contribution >= 4 is 5.97 Å². The predicted molar refractivity (Wildman–Crippen MR) is 47.0 cm³/mol. The van der Waals surface area contributed by atoms with E-state index in [0.29, 0.717) is 0 Å². The molecule has 0 aliphatic heterocycles. The molecule has 6 heteroatoms. The lowest BCUT2D eigenvalue weighted by Crippen LogP contribution is -2.43. The molecule has 0 N–H and O–H groups in total. The number of alkyl halides is 3. The van der Waals surface area contributed by atoms with E-state index in [-0.39, 0.29) is 13.0 Å². The molecule has 0 amide bonds. The lowest BCUT2D eigenvalue weighted by atomic mass is 9.87. The van der Waals surface area contributed by atoms with Crippen LogP contribution in [0.4, 0.5) is 13.2 Å². The molecule has 0 bridgehead atoms. The monoisotopic (exact) mass is 228 g/mol. The van der Waals surface area contributed by atoms with Crippen LogP contribution in [0.1, 0.15) is 27.2 Å². The molecule has 0 aromatic rings. The lowest BCUT2D eigenvalue weighted by Gasteiger charge is -2.28. The Bertz CT molecular complexity index is 215. The van der Waals surface area contributed by atoms with Crippen molar-refractivity contribution in [3.8, 4) is 0 Å². The van der Waals surface area contributed by atoms with Crippen molar-refractivity contribution in [3.63, 3.8) is 0 Å². The zero-order valence-electron chi connectivity index (χ0n) is 8.98. The predicted octanol–water partition coefficient (Wildman–Crippen LogP) is 2.50. The first-order chi connectivity index (χ1) is 6.79. The molecule has 1 atom stereocenters. The van der Waals surface area contributed by atoms with Gasteiger partial charge >= 0.3 is 12.1 Å². The van der Waals surface area contributed by atoms with Gasteiger partial charge in [0.15, 0.2) is 12.2 Å². The molecule has 0 aromatic heterocycles. The van der Waals surface area contributed by atoms with Crippen LogP contribution in [0.15, 0.2) is 0 Å². The van der Waals surface area contributed by atoms with E-state index >= 15 is 0 Å². The number of ether oxygens (including phenoxy) is 2. The first-order valence-electron chi connectivity index (χ1n) is 4.61. The molecule has 0 aromatic carbocycles. The smallest absolute Gasteiger partial charge is 0.404 e. The highest BCUT2D eigenvalue weighted by Gasteiger charge is 2.56. The van der Waals surface area contributed by atoms with Crippen molar-refractivity contribution in [3.05, 3.63) is 0 Å². The van der Waals surface area contributed by atoms with Crippen molar-refractivity contribution < 1.29 is 27.4 Å². The SMILES string of the molecule is CCOCOC(=O)C(C)(CC)C(F)(F)F. The maximum absolute atomic E-state index is 12.5. The van der Waals surface area contributed by atoms with Crippen LogP contribution in [0.5, 0.6) is 0 Å². The van der Waals surface area contributed by atoms with Gasteiger partial charge in [-0.05, 0) is 20.3 Å². The van der Waals surface area contributed by atoms with Gasteiger partial charge in [-0.2, -0.15) is 13.2 Å². The summed E-state index contributed by atoms with van der Waals surface area (Å²) in [5, 5.41) is 0. The van der Waals surface area contributed by atoms with Crippen LogP contribution in [0, 0.1) is 5.41 Å². The quantitative estimate of drug-likeness (QED) is 0.412. The Balaban J connectivity index is 4.46. The Morgan fingerprint density at radius 3 is 2.13 bits per heavy atom. The van der Waals surface area contributed by atoms with Gasteiger partial charge in [-0.1, -0.05) is 6.92 Å². The summed E-state index contributed by atoms with van der Waals surface area (Å²) in [5.74, 6) is -1.30. The molecular weight excluding hydrogens is 213 g/mol. The molecule has 90 valence electrons. The molecule has 0 aliphatic rings. The largest absolute Gasteiger partial charge is 0.438 e. The van der Waals surface area contributed by atoms with E-state index in [1.165, 1.54) is 6.92 Å². The number of rotatable bonds is 5. The van der Waals surface area contributed by atoms with E-state index in [4.69, 9.17) is 0 Å². The Hall–Kier alpha value is -0.780. The molecule has 0 saturated carbocycles. The third kappa shape index (κ3) is 3.37. The van der Waals surface area contributed by atoms with Gasteiger partial charge in [0, 0.05) is 6.61 Å². The maximum atomic E-state index is 12.5. The Morgan fingerprint density at radius 1 is 1.27 bits per heavy atom. The van der Waals surface area contributed by atoms with E-state index in [2.05, 4.69) is 9.47 Å². The Labute approximate surface area is 86.5 Å². The minimum Gasteiger partial charge on any atom is -0.438 e. The van der Waals surface area contributed by atoms with Crippen LogP contribution in [0.2, 0.25) is 0 Å². The number of hydrogen-bond donors (Lipinski definition) is 0. The summed E-state index contributed by atoms with van der Waals surface area (Å²) in [6.45, 7) is 3.59. The third-order valence-corrected chi connectivity index (χ3v) is 2.26. The zero-order valence-corrected chi connectivity index (χ0v) is 8.98. The van der Waals surface area contributed by atoms with Gasteiger partial charge < -0.3 is 9.47 Å². The molecule has 0 spiro atoms. The van der Waals surface area contributed by atoms with E-state index in [0.717, 1.165) is 6.92 Å². The van der Waals surface area contributed by atoms with Crippen LogP contribution < -0.4 is 0 Å². The lowest BCUT2D eigenvalue weighted by molar-refractivity contribution is -0.235. The van der Waals surface area contributed by atoms with Gasteiger partial charge in [-0.15, -0.1) is 0 Å². The summed E-state index contributed by atoms with van der Waals surface area (Å²) in [6, 6.07) is 0. The fourth-order valence-electron chi connectivity index (χ4n) is 0.798. The van der Waals surface area contributed by atoms with Crippen molar-refractivity contribution in [2.24, 2.45) is 5.41 Å². The zero-order chi connectivity index (χ0) is 12.1. The first-order valence-corrected chi connectivity index (χ1v) is 4.61.